The van der Waals surface area contributed by atoms with Gasteiger partial charge in [0.25, 0.3) is 5.91 Å². The summed E-state index contributed by atoms with van der Waals surface area (Å²) in [5.41, 5.74) is 4.21. The third-order valence-corrected chi connectivity index (χ3v) is 6.07. The summed E-state index contributed by atoms with van der Waals surface area (Å²) in [6.07, 6.45) is 0. The molecule has 0 N–H and O–H groups in total. The number of hydrogen-bond donors (Lipinski definition) is 0. The van der Waals surface area contributed by atoms with Crippen LogP contribution in [0.5, 0.6) is 0 Å². The van der Waals surface area contributed by atoms with Crippen molar-refractivity contribution in [2.75, 3.05) is 39.8 Å². The van der Waals surface area contributed by atoms with Crippen molar-refractivity contribution in [3.05, 3.63) is 77.0 Å². The molecule has 0 spiro atoms. The van der Waals surface area contributed by atoms with E-state index in [1.807, 2.05) is 74.3 Å². The molecule has 2 amide bonds. The van der Waals surface area contributed by atoms with E-state index in [2.05, 4.69) is 10.1 Å². The first-order valence-electron chi connectivity index (χ1n) is 11.2. The van der Waals surface area contributed by atoms with Crippen molar-refractivity contribution < 1.29 is 14.1 Å². The number of rotatable bonds is 6. The Labute approximate surface area is 194 Å². The third-order valence-electron chi connectivity index (χ3n) is 6.07. The first kappa shape index (κ1) is 22.7. The lowest BCUT2D eigenvalue weighted by atomic mass is 10.0. The van der Waals surface area contributed by atoms with E-state index >= 15 is 0 Å². The number of benzene rings is 2. The molecule has 1 aliphatic heterocycles. The number of carbonyl (C=O) groups excluding carboxylic acids is 2. The molecule has 4 rings (SSSR count). The van der Waals surface area contributed by atoms with E-state index in [9.17, 15) is 9.59 Å². The van der Waals surface area contributed by atoms with Crippen molar-refractivity contribution >= 4 is 11.8 Å². The minimum absolute atomic E-state index is 0.00308. The summed E-state index contributed by atoms with van der Waals surface area (Å²) in [6.45, 7) is 7.34. The van der Waals surface area contributed by atoms with Gasteiger partial charge in [-0.3, -0.25) is 9.59 Å². The van der Waals surface area contributed by atoms with Crippen molar-refractivity contribution in [2.24, 2.45) is 0 Å². The van der Waals surface area contributed by atoms with E-state index in [0.29, 0.717) is 25.4 Å². The first-order chi connectivity index (χ1) is 15.9. The number of carbonyl (C=O) groups is 2. The van der Waals surface area contributed by atoms with Gasteiger partial charge in [-0.2, -0.15) is 0 Å². The Morgan fingerprint density at radius 2 is 1.73 bits per heavy atom. The molecule has 1 saturated heterocycles. The summed E-state index contributed by atoms with van der Waals surface area (Å²) in [7, 11) is 2.05. The highest BCUT2D eigenvalue weighted by atomic mass is 16.5. The third kappa shape index (κ3) is 5.49. The maximum atomic E-state index is 13.4. The topological polar surface area (TPSA) is 69.9 Å². The number of nitrogens with zero attached hydrogens (tertiary/aromatic N) is 4. The zero-order chi connectivity index (χ0) is 23.4. The predicted molar refractivity (Wildman–Crippen MR) is 127 cm³/mol. The smallest absolute Gasteiger partial charge is 0.276 e. The Kier molecular flexibility index (Phi) is 6.89. The second-order valence-electron chi connectivity index (χ2n) is 8.73. The second kappa shape index (κ2) is 10.0. The number of amides is 2. The zero-order valence-corrected chi connectivity index (χ0v) is 19.5. The lowest BCUT2D eigenvalue weighted by molar-refractivity contribution is -0.133. The predicted octanol–water partition coefficient (Wildman–Crippen LogP) is 3.37. The van der Waals surface area contributed by atoms with Gasteiger partial charge in [-0.05, 0) is 38.1 Å². The molecular weight excluding hydrogens is 416 g/mol. The number of piperazine rings is 1. The van der Waals surface area contributed by atoms with Crippen LogP contribution in [0.1, 0.15) is 27.2 Å². The molecule has 0 atom stereocenters. The highest BCUT2D eigenvalue weighted by Gasteiger charge is 2.26. The van der Waals surface area contributed by atoms with Crippen molar-refractivity contribution in [1.29, 1.82) is 0 Å². The van der Waals surface area contributed by atoms with Crippen molar-refractivity contribution in [2.45, 2.75) is 20.4 Å². The highest BCUT2D eigenvalue weighted by Crippen LogP contribution is 2.26. The molecular formula is C26H30N4O3. The van der Waals surface area contributed by atoms with Crippen LogP contribution >= 0.6 is 0 Å². The molecule has 7 heteroatoms. The molecule has 3 aromatic rings. The second-order valence-corrected chi connectivity index (χ2v) is 8.73. The molecule has 0 radical (unpaired) electrons. The molecule has 1 aliphatic rings. The van der Waals surface area contributed by atoms with Crippen LogP contribution in [-0.4, -0.2) is 71.4 Å². The van der Waals surface area contributed by atoms with Crippen LogP contribution in [0.4, 0.5) is 0 Å². The number of likely N-dealkylation sites (N-methyl/N-ethyl adjacent to an activating group) is 1. The molecule has 0 aliphatic carbocycles. The minimum Gasteiger partial charge on any atom is -0.355 e. The average Bonchev–Trinajstić information content (AvgIpc) is 3.31. The fraction of sp³-hybridized carbons (Fsp3) is 0.346. The lowest BCUT2D eigenvalue weighted by Crippen LogP contribution is -2.50. The van der Waals surface area contributed by atoms with E-state index < -0.39 is 0 Å². The molecule has 0 bridgehead atoms. The van der Waals surface area contributed by atoms with Crippen molar-refractivity contribution in [1.82, 2.24) is 19.9 Å². The van der Waals surface area contributed by atoms with Crippen molar-refractivity contribution in [3.63, 3.8) is 0 Å². The van der Waals surface area contributed by atoms with E-state index in [0.717, 1.165) is 35.3 Å². The van der Waals surface area contributed by atoms with E-state index in [1.54, 1.807) is 11.0 Å². The van der Waals surface area contributed by atoms with Gasteiger partial charge in [0.05, 0.1) is 0 Å². The molecule has 7 nitrogen and oxygen atoms in total. The fourth-order valence-electron chi connectivity index (χ4n) is 3.99. The van der Waals surface area contributed by atoms with Gasteiger partial charge >= 0.3 is 0 Å². The van der Waals surface area contributed by atoms with Crippen LogP contribution in [0.25, 0.3) is 11.3 Å². The van der Waals surface area contributed by atoms with E-state index in [4.69, 9.17) is 4.52 Å². The quantitative estimate of drug-likeness (QED) is 0.581. The van der Waals surface area contributed by atoms with Gasteiger partial charge in [0.1, 0.15) is 6.54 Å². The Hall–Kier alpha value is -3.45. The Morgan fingerprint density at radius 1 is 1.00 bits per heavy atom. The van der Waals surface area contributed by atoms with Crippen LogP contribution in [0, 0.1) is 13.8 Å². The maximum Gasteiger partial charge on any atom is 0.276 e. The van der Waals surface area contributed by atoms with Crippen LogP contribution in [-0.2, 0) is 11.3 Å². The van der Waals surface area contributed by atoms with Gasteiger partial charge in [-0.25, -0.2) is 0 Å². The Balaban J connectivity index is 1.56. The van der Waals surface area contributed by atoms with Gasteiger partial charge in [-0.1, -0.05) is 53.2 Å². The van der Waals surface area contributed by atoms with E-state index in [-0.39, 0.29) is 24.1 Å². The van der Waals surface area contributed by atoms with Crippen LogP contribution in [0.15, 0.2) is 59.1 Å². The maximum absolute atomic E-state index is 13.4. The molecule has 2 heterocycles. The molecule has 0 saturated carbocycles. The first-order valence-corrected chi connectivity index (χ1v) is 11.2. The van der Waals surface area contributed by atoms with Crippen molar-refractivity contribution in [3.8, 4) is 11.3 Å². The Morgan fingerprint density at radius 3 is 2.45 bits per heavy atom. The molecule has 1 aromatic heterocycles. The van der Waals surface area contributed by atoms with Crippen LogP contribution < -0.4 is 0 Å². The van der Waals surface area contributed by atoms with E-state index in [1.165, 1.54) is 0 Å². The summed E-state index contributed by atoms with van der Waals surface area (Å²) in [5.74, 6) is 0.178. The Bertz CT molecular complexity index is 1120. The zero-order valence-electron chi connectivity index (χ0n) is 19.5. The molecule has 0 unspecified atom stereocenters. The molecule has 2 aromatic carbocycles. The highest BCUT2D eigenvalue weighted by molar-refractivity contribution is 5.95. The molecule has 33 heavy (non-hydrogen) atoms. The number of hydrogen-bond acceptors (Lipinski definition) is 5. The molecule has 1 fully saturated rings. The minimum atomic E-state index is -0.318. The summed E-state index contributed by atoms with van der Waals surface area (Å²) < 4.78 is 5.54. The van der Waals surface area contributed by atoms with Crippen LogP contribution in [0.2, 0.25) is 0 Å². The average molecular weight is 447 g/mol. The standard InChI is InChI=1S/C26H30N4O3/c1-19-9-10-20(2)22(15-19)24-16-23(27-33-24)26(32)30(17-21-7-5-4-6-8-21)18-25(31)29-13-11-28(3)12-14-29/h4-10,15-16H,11-14,17-18H2,1-3H3. The summed E-state index contributed by atoms with van der Waals surface area (Å²) >= 11 is 0. The summed E-state index contributed by atoms with van der Waals surface area (Å²) in [4.78, 5) is 32.0. The van der Waals surface area contributed by atoms with Gasteiger partial charge in [-0.15, -0.1) is 0 Å². The SMILES string of the molecule is Cc1ccc(C)c(-c2cc(C(=O)N(CC(=O)N3CCN(C)CC3)Cc3ccccc3)no2)c1. The molecule has 172 valence electrons. The van der Waals surface area contributed by atoms with Gasteiger partial charge in [0, 0.05) is 44.4 Å². The lowest BCUT2D eigenvalue weighted by Gasteiger charge is -2.34. The van der Waals surface area contributed by atoms with Gasteiger partial charge in [0.15, 0.2) is 11.5 Å². The monoisotopic (exact) mass is 446 g/mol. The van der Waals surface area contributed by atoms with Gasteiger partial charge in [0.2, 0.25) is 5.91 Å². The van der Waals surface area contributed by atoms with Gasteiger partial charge < -0.3 is 19.2 Å². The fourth-order valence-corrected chi connectivity index (χ4v) is 3.99. The number of aromatic nitrogens is 1. The summed E-state index contributed by atoms with van der Waals surface area (Å²) in [6, 6.07) is 17.4. The summed E-state index contributed by atoms with van der Waals surface area (Å²) in [5, 5.41) is 4.06. The number of aryl methyl sites for hydroxylation is 2. The van der Waals surface area contributed by atoms with Crippen LogP contribution in [0.3, 0.4) is 0 Å². The largest absolute Gasteiger partial charge is 0.355 e. The normalized spacial score (nSPS) is 14.3.